The van der Waals surface area contributed by atoms with Crippen LogP contribution < -0.4 is 5.32 Å². The van der Waals surface area contributed by atoms with Crippen LogP contribution in [0.3, 0.4) is 0 Å². The third-order valence-electron chi connectivity index (χ3n) is 5.54. The Kier molecular flexibility index (Phi) is 7.44. The van der Waals surface area contributed by atoms with Crippen LogP contribution in [0.5, 0.6) is 0 Å². The van der Waals surface area contributed by atoms with E-state index in [0.29, 0.717) is 12.6 Å². The number of hydrogen-bond acceptors (Lipinski definition) is 5. The van der Waals surface area contributed by atoms with E-state index in [1.54, 1.807) is 11.3 Å². The summed E-state index contributed by atoms with van der Waals surface area (Å²) in [6.07, 6.45) is 3.57. The van der Waals surface area contributed by atoms with Gasteiger partial charge < -0.3 is 14.8 Å². The molecule has 1 N–H and O–H groups in total. The lowest BCUT2D eigenvalue weighted by Crippen LogP contribution is -2.46. The maximum absolute atomic E-state index is 4.87. The fourth-order valence-corrected chi connectivity index (χ4v) is 4.43. The lowest BCUT2D eigenvalue weighted by molar-refractivity contribution is 0.232. The minimum absolute atomic E-state index is 0.533. The molecule has 28 heavy (non-hydrogen) atoms. The molecule has 0 aromatic carbocycles. The van der Waals surface area contributed by atoms with Crippen molar-refractivity contribution in [1.82, 2.24) is 29.9 Å². The van der Waals surface area contributed by atoms with Gasteiger partial charge in [-0.1, -0.05) is 13.0 Å². The quantitative estimate of drug-likeness (QED) is 0.541. The normalized spacial score (nSPS) is 18.0. The van der Waals surface area contributed by atoms with Gasteiger partial charge in [-0.15, -0.1) is 21.5 Å². The van der Waals surface area contributed by atoms with E-state index in [1.165, 1.54) is 24.3 Å². The zero-order valence-electron chi connectivity index (χ0n) is 17.6. The van der Waals surface area contributed by atoms with Crippen LogP contribution in [0, 0.1) is 6.92 Å². The Labute approximate surface area is 172 Å². The second-order valence-electron chi connectivity index (χ2n) is 7.42. The molecule has 1 fully saturated rings. The molecule has 0 amide bonds. The second kappa shape index (κ2) is 10.0. The van der Waals surface area contributed by atoms with Gasteiger partial charge in [0.2, 0.25) is 0 Å². The molecule has 1 atom stereocenters. The average Bonchev–Trinajstić information content (AvgIpc) is 3.42. The summed E-state index contributed by atoms with van der Waals surface area (Å²) < 4.78 is 2.00. The number of nitrogens with zero attached hydrogens (tertiary/aromatic N) is 6. The van der Waals surface area contributed by atoms with E-state index in [2.05, 4.69) is 56.8 Å². The lowest BCUT2D eigenvalue weighted by Gasteiger charge is -2.30. The largest absolute Gasteiger partial charge is 0.356 e. The molecule has 8 heteroatoms. The predicted octanol–water partition coefficient (Wildman–Crippen LogP) is 2.29. The van der Waals surface area contributed by atoms with E-state index < -0.39 is 0 Å². The average molecular weight is 404 g/mol. The molecule has 0 saturated carbocycles. The molecular weight excluding hydrogens is 370 g/mol. The van der Waals surface area contributed by atoms with Gasteiger partial charge in [0.25, 0.3) is 0 Å². The number of likely N-dealkylation sites (tertiary alicyclic amines) is 1. The molecule has 2 aromatic heterocycles. The number of guanidine groups is 1. The van der Waals surface area contributed by atoms with Crippen LogP contribution in [0.1, 0.15) is 36.3 Å². The third-order valence-corrected chi connectivity index (χ3v) is 6.48. The van der Waals surface area contributed by atoms with Crippen molar-refractivity contribution in [3.8, 4) is 0 Å². The molecule has 0 aliphatic carbocycles. The van der Waals surface area contributed by atoms with Gasteiger partial charge in [0.05, 0.1) is 0 Å². The van der Waals surface area contributed by atoms with E-state index in [9.17, 15) is 0 Å². The van der Waals surface area contributed by atoms with Gasteiger partial charge in [-0.3, -0.25) is 4.90 Å². The van der Waals surface area contributed by atoms with Crippen molar-refractivity contribution in [2.45, 2.75) is 45.7 Å². The van der Waals surface area contributed by atoms with Gasteiger partial charge in [0.15, 0.2) is 11.8 Å². The van der Waals surface area contributed by atoms with Crippen LogP contribution in [-0.2, 0) is 20.0 Å². The topological polar surface area (TPSA) is 61.6 Å². The highest BCUT2D eigenvalue weighted by Gasteiger charge is 2.25. The Hall–Kier alpha value is -1.93. The SMILES string of the molecule is CCN1CCCC1CN(C)C(=NCc1nnc(C)n1C)NCCc1cccs1. The highest BCUT2D eigenvalue weighted by molar-refractivity contribution is 7.09. The van der Waals surface area contributed by atoms with Crippen LogP contribution in [0.4, 0.5) is 0 Å². The molecule has 3 rings (SSSR count). The van der Waals surface area contributed by atoms with E-state index >= 15 is 0 Å². The Morgan fingerprint density at radius 2 is 2.29 bits per heavy atom. The van der Waals surface area contributed by atoms with Gasteiger partial charge >= 0.3 is 0 Å². The van der Waals surface area contributed by atoms with Crippen LogP contribution >= 0.6 is 11.3 Å². The van der Waals surface area contributed by atoms with E-state index in [0.717, 1.165) is 43.7 Å². The van der Waals surface area contributed by atoms with Crippen molar-refractivity contribution in [2.24, 2.45) is 12.0 Å². The first-order valence-corrected chi connectivity index (χ1v) is 11.1. The molecular formula is C20H33N7S. The maximum Gasteiger partial charge on any atom is 0.194 e. The first-order chi connectivity index (χ1) is 13.6. The summed E-state index contributed by atoms with van der Waals surface area (Å²) in [5.41, 5.74) is 0. The second-order valence-corrected chi connectivity index (χ2v) is 8.46. The van der Waals surface area contributed by atoms with Crippen molar-refractivity contribution < 1.29 is 0 Å². The summed E-state index contributed by atoms with van der Waals surface area (Å²) in [5.74, 6) is 2.75. The minimum atomic E-state index is 0.533. The van der Waals surface area contributed by atoms with Crippen LogP contribution in [0.15, 0.2) is 22.5 Å². The fourth-order valence-electron chi connectivity index (χ4n) is 3.72. The number of thiophene rings is 1. The van der Waals surface area contributed by atoms with Crippen LogP contribution in [-0.4, -0.2) is 69.8 Å². The molecule has 0 spiro atoms. The number of aliphatic imine (C=N–C) groups is 1. The van der Waals surface area contributed by atoms with Crippen molar-refractivity contribution in [3.05, 3.63) is 34.0 Å². The van der Waals surface area contributed by atoms with Gasteiger partial charge in [0, 0.05) is 38.1 Å². The fraction of sp³-hybridized carbons (Fsp3) is 0.650. The molecule has 1 unspecified atom stereocenters. The summed E-state index contributed by atoms with van der Waals surface area (Å²) in [5, 5.41) is 14.1. The molecule has 7 nitrogen and oxygen atoms in total. The summed E-state index contributed by atoms with van der Waals surface area (Å²) in [6, 6.07) is 4.90. The summed E-state index contributed by atoms with van der Waals surface area (Å²) in [6.45, 7) is 8.96. The van der Waals surface area contributed by atoms with E-state index in [1.807, 2.05) is 18.5 Å². The monoisotopic (exact) mass is 403 g/mol. The summed E-state index contributed by atoms with van der Waals surface area (Å²) >= 11 is 1.81. The molecule has 1 aliphatic rings. The first-order valence-electron chi connectivity index (χ1n) is 10.2. The highest BCUT2D eigenvalue weighted by atomic mass is 32.1. The molecule has 0 radical (unpaired) electrons. The van der Waals surface area contributed by atoms with Crippen LogP contribution in [0.2, 0.25) is 0 Å². The first kappa shape index (κ1) is 20.8. The Balaban J connectivity index is 1.65. The summed E-state index contributed by atoms with van der Waals surface area (Å²) in [7, 11) is 4.14. The molecule has 0 bridgehead atoms. The number of aromatic nitrogens is 3. The van der Waals surface area contributed by atoms with E-state index in [4.69, 9.17) is 4.99 Å². The number of rotatable bonds is 8. The predicted molar refractivity (Wildman–Crippen MR) is 116 cm³/mol. The smallest absolute Gasteiger partial charge is 0.194 e. The van der Waals surface area contributed by atoms with Gasteiger partial charge in [0.1, 0.15) is 12.4 Å². The van der Waals surface area contributed by atoms with Crippen molar-refractivity contribution in [1.29, 1.82) is 0 Å². The van der Waals surface area contributed by atoms with Gasteiger partial charge in [-0.2, -0.15) is 0 Å². The van der Waals surface area contributed by atoms with E-state index in [-0.39, 0.29) is 0 Å². The molecule has 1 saturated heterocycles. The molecule has 2 aromatic rings. The zero-order chi connectivity index (χ0) is 19.9. The molecule has 3 heterocycles. The standard InChI is InChI=1S/C20H33N7S/c1-5-27-12-6-8-17(27)15-25(3)20(21-11-10-18-9-7-13-28-18)22-14-19-24-23-16(2)26(19)4/h7,9,13,17H,5-6,8,10-12,14-15H2,1-4H3,(H,21,22). The number of likely N-dealkylation sites (N-methyl/N-ethyl adjacent to an activating group) is 2. The maximum atomic E-state index is 4.87. The highest BCUT2D eigenvalue weighted by Crippen LogP contribution is 2.17. The number of hydrogen-bond donors (Lipinski definition) is 1. The van der Waals surface area contributed by atoms with Gasteiger partial charge in [-0.05, 0) is 50.7 Å². The minimum Gasteiger partial charge on any atom is -0.356 e. The van der Waals surface area contributed by atoms with Crippen LogP contribution in [0.25, 0.3) is 0 Å². The molecule has 154 valence electrons. The van der Waals surface area contributed by atoms with Crippen molar-refractivity contribution >= 4 is 17.3 Å². The Morgan fingerprint density at radius 3 is 2.96 bits per heavy atom. The van der Waals surface area contributed by atoms with Crippen molar-refractivity contribution in [3.63, 3.8) is 0 Å². The lowest BCUT2D eigenvalue weighted by atomic mass is 10.2. The summed E-state index contributed by atoms with van der Waals surface area (Å²) in [4.78, 5) is 11.1. The Morgan fingerprint density at radius 1 is 1.43 bits per heavy atom. The Bertz CT molecular complexity index is 753. The van der Waals surface area contributed by atoms with Gasteiger partial charge in [-0.25, -0.2) is 4.99 Å². The third kappa shape index (κ3) is 5.32. The molecule has 1 aliphatic heterocycles. The zero-order valence-corrected chi connectivity index (χ0v) is 18.4. The van der Waals surface area contributed by atoms with Crippen molar-refractivity contribution in [2.75, 3.05) is 33.2 Å². The number of aryl methyl sites for hydroxylation is 1. The number of nitrogens with one attached hydrogen (secondary N) is 1.